The maximum Gasteiger partial charge on any atom is 0.241 e. The Bertz CT molecular complexity index is 593. The fourth-order valence-corrected chi connectivity index (χ4v) is 3.52. The Kier molecular flexibility index (Phi) is 4.36. The van der Waals surface area contributed by atoms with Crippen molar-refractivity contribution in [2.24, 2.45) is 0 Å². The van der Waals surface area contributed by atoms with Crippen LogP contribution in [0.5, 0.6) is 0 Å². The first-order valence-electron chi connectivity index (χ1n) is 7.26. The number of nitrogens with one attached hydrogen (secondary N) is 1. The number of fused-ring (bicyclic) bond motifs is 1. The minimum atomic E-state index is 0.0128. The van der Waals surface area contributed by atoms with Crippen molar-refractivity contribution in [3.63, 3.8) is 0 Å². The number of hydrogen-bond donors (Lipinski definition) is 1. The molecule has 0 spiro atoms. The number of aromatic nitrogens is 2. The molecule has 3 heterocycles. The van der Waals surface area contributed by atoms with E-state index in [1.807, 2.05) is 17.4 Å². The predicted octanol–water partition coefficient (Wildman–Crippen LogP) is 1.51. The van der Waals surface area contributed by atoms with Crippen molar-refractivity contribution >= 4 is 17.2 Å². The van der Waals surface area contributed by atoms with Gasteiger partial charge in [-0.15, -0.1) is 11.3 Å². The Hall–Kier alpha value is -1.66. The van der Waals surface area contributed by atoms with Crippen molar-refractivity contribution in [3.05, 3.63) is 40.3 Å². The maximum absolute atomic E-state index is 11.9. The van der Waals surface area contributed by atoms with Crippen LogP contribution in [0.4, 0.5) is 0 Å². The highest BCUT2D eigenvalue weighted by Gasteiger charge is 2.21. The molecule has 0 aliphatic carbocycles. The Morgan fingerprint density at radius 1 is 1.57 bits per heavy atom. The van der Waals surface area contributed by atoms with Gasteiger partial charge < -0.3 is 5.32 Å². The number of hydrogen-bond acceptors (Lipinski definition) is 4. The molecule has 0 fully saturated rings. The van der Waals surface area contributed by atoms with Crippen LogP contribution in [-0.2, 0) is 24.3 Å². The van der Waals surface area contributed by atoms with E-state index in [4.69, 9.17) is 0 Å². The summed E-state index contributed by atoms with van der Waals surface area (Å²) >= 11 is 1.85. The second kappa shape index (κ2) is 6.41. The smallest absolute Gasteiger partial charge is 0.241 e. The van der Waals surface area contributed by atoms with Gasteiger partial charge in [-0.05, 0) is 36.4 Å². The molecule has 0 saturated heterocycles. The van der Waals surface area contributed by atoms with Gasteiger partial charge in [0.05, 0.1) is 0 Å². The van der Waals surface area contributed by atoms with Crippen LogP contribution in [0.1, 0.15) is 17.4 Å². The standard InChI is InChI=1S/C15H20N4OS/c1-12(9-16-15(20)11-19-6-2-5-17-19)18-7-3-14-13(10-18)4-8-21-14/h2,4-6,8,12H,3,7,9-11H2,1H3,(H,16,20). The van der Waals surface area contributed by atoms with Crippen LogP contribution in [0, 0.1) is 0 Å². The number of nitrogens with zero attached hydrogens (tertiary/aromatic N) is 3. The van der Waals surface area contributed by atoms with Crippen LogP contribution in [0.25, 0.3) is 0 Å². The first kappa shape index (κ1) is 14.3. The molecule has 0 aromatic carbocycles. The lowest BCUT2D eigenvalue weighted by Gasteiger charge is -2.32. The highest BCUT2D eigenvalue weighted by Crippen LogP contribution is 2.24. The van der Waals surface area contributed by atoms with Crippen molar-refractivity contribution in [2.45, 2.75) is 32.5 Å². The number of amides is 1. The molecule has 0 bridgehead atoms. The minimum Gasteiger partial charge on any atom is -0.353 e. The molecule has 1 amide bonds. The van der Waals surface area contributed by atoms with E-state index in [2.05, 4.69) is 33.7 Å². The molecular weight excluding hydrogens is 284 g/mol. The monoisotopic (exact) mass is 304 g/mol. The normalized spacial score (nSPS) is 16.4. The number of carbonyl (C=O) groups excluding carboxylic acids is 1. The number of thiophene rings is 1. The predicted molar refractivity (Wildman–Crippen MR) is 83.1 cm³/mol. The molecule has 2 aromatic heterocycles. The zero-order valence-electron chi connectivity index (χ0n) is 12.2. The second-order valence-electron chi connectivity index (χ2n) is 5.45. The third-order valence-electron chi connectivity index (χ3n) is 3.92. The van der Waals surface area contributed by atoms with Crippen molar-refractivity contribution < 1.29 is 4.79 Å². The maximum atomic E-state index is 11.9. The van der Waals surface area contributed by atoms with Crippen molar-refractivity contribution in [1.82, 2.24) is 20.0 Å². The molecule has 6 heteroatoms. The number of carbonyl (C=O) groups is 1. The lowest BCUT2D eigenvalue weighted by molar-refractivity contribution is -0.122. The summed E-state index contributed by atoms with van der Waals surface area (Å²) in [6, 6.07) is 4.39. The molecule has 1 aliphatic rings. The lowest BCUT2D eigenvalue weighted by Crippen LogP contribution is -2.44. The van der Waals surface area contributed by atoms with Crippen molar-refractivity contribution in [3.8, 4) is 0 Å². The van der Waals surface area contributed by atoms with E-state index in [1.165, 1.54) is 10.4 Å². The summed E-state index contributed by atoms with van der Waals surface area (Å²) in [7, 11) is 0. The van der Waals surface area contributed by atoms with Crippen molar-refractivity contribution in [1.29, 1.82) is 0 Å². The molecule has 21 heavy (non-hydrogen) atoms. The molecule has 5 nitrogen and oxygen atoms in total. The summed E-state index contributed by atoms with van der Waals surface area (Å²) in [6.45, 7) is 5.21. The summed E-state index contributed by atoms with van der Waals surface area (Å²) in [5.74, 6) is 0.0128. The molecular formula is C15H20N4OS. The fourth-order valence-electron chi connectivity index (χ4n) is 2.63. The van der Waals surface area contributed by atoms with Gasteiger partial charge in [0.25, 0.3) is 0 Å². The first-order chi connectivity index (χ1) is 10.2. The Balaban J connectivity index is 1.46. The molecule has 112 valence electrons. The Labute approximate surface area is 128 Å². The lowest BCUT2D eigenvalue weighted by atomic mass is 10.1. The van der Waals surface area contributed by atoms with Crippen LogP contribution < -0.4 is 5.32 Å². The third-order valence-corrected chi connectivity index (χ3v) is 4.94. The average Bonchev–Trinajstić information content (AvgIpc) is 3.14. The third kappa shape index (κ3) is 3.51. The zero-order valence-corrected chi connectivity index (χ0v) is 13.0. The number of rotatable bonds is 5. The molecule has 1 unspecified atom stereocenters. The summed E-state index contributed by atoms with van der Waals surface area (Å²) in [5.41, 5.74) is 1.45. The summed E-state index contributed by atoms with van der Waals surface area (Å²) in [6.07, 6.45) is 4.60. The van der Waals surface area contributed by atoms with Gasteiger partial charge in [0.1, 0.15) is 6.54 Å². The Morgan fingerprint density at radius 2 is 2.48 bits per heavy atom. The van der Waals surface area contributed by atoms with Crippen LogP contribution >= 0.6 is 11.3 Å². The van der Waals surface area contributed by atoms with Crippen molar-refractivity contribution in [2.75, 3.05) is 13.1 Å². The molecule has 2 aromatic rings. The van der Waals surface area contributed by atoms with Gasteiger partial charge in [-0.1, -0.05) is 0 Å². The molecule has 1 aliphatic heterocycles. The van der Waals surface area contributed by atoms with E-state index in [1.54, 1.807) is 17.1 Å². The summed E-state index contributed by atoms with van der Waals surface area (Å²) < 4.78 is 1.64. The molecule has 1 atom stereocenters. The quantitative estimate of drug-likeness (QED) is 0.911. The van der Waals surface area contributed by atoms with Gasteiger partial charge in [-0.25, -0.2) is 0 Å². The molecule has 0 saturated carbocycles. The van der Waals surface area contributed by atoms with E-state index < -0.39 is 0 Å². The highest BCUT2D eigenvalue weighted by molar-refractivity contribution is 7.10. The molecule has 3 rings (SSSR count). The average molecular weight is 304 g/mol. The van der Waals surface area contributed by atoms with E-state index in [-0.39, 0.29) is 12.5 Å². The SMILES string of the molecule is CC(CNC(=O)Cn1cccn1)N1CCc2sccc2C1. The van der Waals surface area contributed by atoms with Crippen LogP contribution in [0.15, 0.2) is 29.9 Å². The van der Waals surface area contributed by atoms with E-state index >= 15 is 0 Å². The highest BCUT2D eigenvalue weighted by atomic mass is 32.1. The van der Waals surface area contributed by atoms with Gasteiger partial charge in [0, 0.05) is 42.9 Å². The van der Waals surface area contributed by atoms with Crippen LogP contribution in [0.2, 0.25) is 0 Å². The van der Waals surface area contributed by atoms with Crippen LogP contribution in [0.3, 0.4) is 0 Å². The van der Waals surface area contributed by atoms with E-state index in [0.717, 1.165) is 19.5 Å². The summed E-state index contributed by atoms with van der Waals surface area (Å²) in [5, 5.41) is 9.21. The van der Waals surface area contributed by atoms with Gasteiger partial charge >= 0.3 is 0 Å². The topological polar surface area (TPSA) is 50.2 Å². The van der Waals surface area contributed by atoms with Gasteiger partial charge in [-0.2, -0.15) is 5.10 Å². The van der Waals surface area contributed by atoms with Gasteiger partial charge in [-0.3, -0.25) is 14.4 Å². The Morgan fingerprint density at radius 3 is 3.29 bits per heavy atom. The van der Waals surface area contributed by atoms with Crippen LogP contribution in [-0.4, -0.2) is 39.7 Å². The minimum absolute atomic E-state index is 0.0128. The van der Waals surface area contributed by atoms with Gasteiger partial charge in [0.15, 0.2) is 0 Å². The largest absolute Gasteiger partial charge is 0.353 e. The molecule has 0 radical (unpaired) electrons. The van der Waals surface area contributed by atoms with Gasteiger partial charge in [0.2, 0.25) is 5.91 Å². The first-order valence-corrected chi connectivity index (χ1v) is 8.14. The van der Waals surface area contributed by atoms with E-state index in [9.17, 15) is 4.79 Å². The summed E-state index contributed by atoms with van der Waals surface area (Å²) in [4.78, 5) is 15.8. The fraction of sp³-hybridized carbons (Fsp3) is 0.467. The second-order valence-corrected chi connectivity index (χ2v) is 6.45. The van der Waals surface area contributed by atoms with E-state index in [0.29, 0.717) is 12.6 Å². The molecule has 1 N–H and O–H groups in total. The zero-order chi connectivity index (χ0) is 14.7.